The number of nitrogens with zero attached hydrogens (tertiary/aromatic N) is 2. The summed E-state index contributed by atoms with van der Waals surface area (Å²) in [7, 11) is 0. The molecule has 146 valence electrons. The van der Waals surface area contributed by atoms with Crippen molar-refractivity contribution < 1.29 is 4.79 Å². The van der Waals surface area contributed by atoms with Gasteiger partial charge in [-0.2, -0.15) is 0 Å². The van der Waals surface area contributed by atoms with Crippen molar-refractivity contribution in [3.63, 3.8) is 0 Å². The minimum absolute atomic E-state index is 0.212. The van der Waals surface area contributed by atoms with E-state index >= 15 is 0 Å². The van der Waals surface area contributed by atoms with Gasteiger partial charge in [0, 0.05) is 35.5 Å². The summed E-state index contributed by atoms with van der Waals surface area (Å²) in [5.41, 5.74) is 5.87. The Balaban J connectivity index is 1.40. The monoisotopic (exact) mass is 385 g/mol. The average molecular weight is 385 g/mol. The van der Waals surface area contributed by atoms with E-state index in [-0.39, 0.29) is 5.91 Å². The van der Waals surface area contributed by atoms with Crippen molar-refractivity contribution in [1.82, 2.24) is 20.3 Å². The van der Waals surface area contributed by atoms with Gasteiger partial charge in [0.25, 0.3) is 5.91 Å². The summed E-state index contributed by atoms with van der Waals surface area (Å²) in [4.78, 5) is 24.4. The van der Waals surface area contributed by atoms with Crippen LogP contribution < -0.4 is 10.6 Å². The Hall–Kier alpha value is -3.67. The maximum Gasteiger partial charge on any atom is 0.270 e. The summed E-state index contributed by atoms with van der Waals surface area (Å²) in [5.74, 6) is 0.194. The van der Waals surface area contributed by atoms with Gasteiger partial charge < -0.3 is 15.6 Å². The van der Waals surface area contributed by atoms with Gasteiger partial charge >= 0.3 is 0 Å². The fraction of sp³-hybridized carbons (Fsp3) is 0.174. The molecule has 0 atom stereocenters. The van der Waals surface area contributed by atoms with Crippen LogP contribution in [0.3, 0.4) is 0 Å². The number of carbonyl (C=O) groups is 1. The van der Waals surface area contributed by atoms with Crippen LogP contribution >= 0.6 is 0 Å². The molecule has 2 aromatic heterocycles. The summed E-state index contributed by atoms with van der Waals surface area (Å²) in [6, 6.07) is 15.8. The number of benzene rings is 2. The number of hydrogen-bond donors (Lipinski definition) is 3. The molecular formula is C23H23N5O. The van der Waals surface area contributed by atoms with Crippen LogP contribution in [-0.4, -0.2) is 27.4 Å². The average Bonchev–Trinajstić information content (AvgIpc) is 3.15. The van der Waals surface area contributed by atoms with Crippen LogP contribution in [0.2, 0.25) is 0 Å². The molecule has 0 bridgehead atoms. The topological polar surface area (TPSA) is 82.7 Å². The fourth-order valence-electron chi connectivity index (χ4n) is 3.29. The van der Waals surface area contributed by atoms with Gasteiger partial charge in [-0.1, -0.05) is 30.3 Å². The molecule has 4 aromatic rings. The highest BCUT2D eigenvalue weighted by Gasteiger charge is 2.10. The molecule has 3 N–H and O–H groups in total. The van der Waals surface area contributed by atoms with E-state index in [0.29, 0.717) is 18.2 Å². The van der Waals surface area contributed by atoms with Crippen LogP contribution in [0.4, 0.5) is 11.6 Å². The van der Waals surface area contributed by atoms with Gasteiger partial charge in [0.1, 0.15) is 5.69 Å². The van der Waals surface area contributed by atoms with Gasteiger partial charge in [-0.15, -0.1) is 0 Å². The third-order valence-electron chi connectivity index (χ3n) is 5.09. The second-order valence-corrected chi connectivity index (χ2v) is 7.00. The second kappa shape index (κ2) is 8.14. The summed E-state index contributed by atoms with van der Waals surface area (Å²) in [6.07, 6.45) is 4.33. The van der Waals surface area contributed by atoms with Gasteiger partial charge in [0.2, 0.25) is 5.95 Å². The van der Waals surface area contributed by atoms with Crippen molar-refractivity contribution in [2.75, 3.05) is 11.9 Å². The first-order valence-corrected chi connectivity index (χ1v) is 9.61. The van der Waals surface area contributed by atoms with Crippen LogP contribution in [0.25, 0.3) is 10.9 Å². The highest BCUT2D eigenvalue weighted by Crippen LogP contribution is 2.21. The smallest absolute Gasteiger partial charge is 0.270 e. The highest BCUT2D eigenvalue weighted by atomic mass is 16.1. The number of anilines is 2. The number of carbonyl (C=O) groups excluding carboxylic acids is 1. The lowest BCUT2D eigenvalue weighted by atomic mass is 10.1. The molecule has 0 saturated heterocycles. The molecule has 0 aliphatic rings. The zero-order chi connectivity index (χ0) is 20.2. The Kier molecular flexibility index (Phi) is 5.24. The number of amides is 1. The van der Waals surface area contributed by atoms with Crippen LogP contribution in [0.15, 0.2) is 60.9 Å². The van der Waals surface area contributed by atoms with E-state index in [1.807, 2.05) is 43.5 Å². The molecule has 0 aliphatic carbocycles. The Labute approximate surface area is 169 Å². The molecule has 6 nitrogen and oxygen atoms in total. The number of hydrogen-bond acceptors (Lipinski definition) is 4. The molecule has 0 radical (unpaired) electrons. The van der Waals surface area contributed by atoms with Crippen molar-refractivity contribution >= 4 is 28.4 Å². The first kappa shape index (κ1) is 18.7. The van der Waals surface area contributed by atoms with Crippen LogP contribution in [0.1, 0.15) is 27.2 Å². The number of nitrogens with one attached hydrogen (secondary N) is 3. The minimum atomic E-state index is -0.212. The Bertz CT molecular complexity index is 1160. The predicted molar refractivity (Wildman–Crippen MR) is 116 cm³/mol. The van der Waals surface area contributed by atoms with Crippen LogP contribution in [-0.2, 0) is 6.42 Å². The van der Waals surface area contributed by atoms with Crippen LogP contribution in [0, 0.1) is 13.8 Å². The number of para-hydroxylation sites is 1. The SMILES string of the molecule is Cc1cccc(Nc2nccc(C(=O)NCCc3c[nH]c4ccccc34)n2)c1C. The van der Waals surface area contributed by atoms with Crippen molar-refractivity contribution in [3.8, 4) is 0 Å². The van der Waals surface area contributed by atoms with E-state index in [2.05, 4.69) is 44.6 Å². The summed E-state index contributed by atoms with van der Waals surface area (Å²) >= 11 is 0. The lowest BCUT2D eigenvalue weighted by Gasteiger charge is -2.11. The molecule has 0 fully saturated rings. The zero-order valence-corrected chi connectivity index (χ0v) is 16.5. The molecule has 0 aliphatic heterocycles. The van der Waals surface area contributed by atoms with Gasteiger partial charge in [-0.25, -0.2) is 9.97 Å². The molecular weight excluding hydrogens is 362 g/mol. The molecule has 6 heteroatoms. The zero-order valence-electron chi connectivity index (χ0n) is 16.5. The molecule has 29 heavy (non-hydrogen) atoms. The number of aromatic amines is 1. The standard InChI is InChI=1S/C23H23N5O/c1-15-6-5-9-19(16(15)2)27-23-25-13-11-21(28-23)22(29)24-12-10-17-14-26-20-8-4-3-7-18(17)20/h3-9,11,13-14,26H,10,12H2,1-2H3,(H,24,29)(H,25,27,28). The molecule has 0 spiro atoms. The lowest BCUT2D eigenvalue weighted by Crippen LogP contribution is -2.26. The summed E-state index contributed by atoms with van der Waals surface area (Å²) in [5, 5.41) is 7.33. The molecule has 0 unspecified atom stereocenters. The summed E-state index contributed by atoms with van der Waals surface area (Å²) in [6.45, 7) is 4.63. The van der Waals surface area contributed by atoms with Crippen molar-refractivity contribution in [2.24, 2.45) is 0 Å². The fourth-order valence-corrected chi connectivity index (χ4v) is 3.29. The quantitative estimate of drug-likeness (QED) is 0.462. The third-order valence-corrected chi connectivity index (χ3v) is 5.09. The Morgan fingerprint density at radius 3 is 2.83 bits per heavy atom. The van der Waals surface area contributed by atoms with E-state index < -0.39 is 0 Å². The van der Waals surface area contributed by atoms with Crippen molar-refractivity contribution in [2.45, 2.75) is 20.3 Å². The Morgan fingerprint density at radius 1 is 1.07 bits per heavy atom. The lowest BCUT2D eigenvalue weighted by molar-refractivity contribution is 0.0949. The van der Waals surface area contributed by atoms with Gasteiger partial charge in [0.05, 0.1) is 0 Å². The van der Waals surface area contributed by atoms with E-state index in [1.54, 1.807) is 12.3 Å². The molecule has 4 rings (SSSR count). The number of aryl methyl sites for hydroxylation is 1. The number of fused-ring (bicyclic) bond motifs is 1. The first-order valence-electron chi connectivity index (χ1n) is 9.61. The maximum atomic E-state index is 12.5. The molecule has 2 aromatic carbocycles. The van der Waals surface area contributed by atoms with E-state index in [4.69, 9.17) is 0 Å². The largest absolute Gasteiger partial charge is 0.361 e. The highest BCUT2D eigenvalue weighted by molar-refractivity contribution is 5.92. The Morgan fingerprint density at radius 2 is 1.93 bits per heavy atom. The second-order valence-electron chi connectivity index (χ2n) is 7.00. The number of H-pyrrole nitrogens is 1. The first-order chi connectivity index (χ1) is 14.1. The normalized spacial score (nSPS) is 10.8. The van der Waals surface area contributed by atoms with E-state index in [9.17, 15) is 4.79 Å². The minimum Gasteiger partial charge on any atom is -0.361 e. The van der Waals surface area contributed by atoms with Crippen molar-refractivity contribution in [1.29, 1.82) is 0 Å². The van der Waals surface area contributed by atoms with Crippen molar-refractivity contribution in [3.05, 3.63) is 83.3 Å². The van der Waals surface area contributed by atoms with Gasteiger partial charge in [-0.05, 0) is 55.2 Å². The van der Waals surface area contributed by atoms with Gasteiger partial charge in [-0.3, -0.25) is 4.79 Å². The van der Waals surface area contributed by atoms with Crippen LogP contribution in [0.5, 0.6) is 0 Å². The third kappa shape index (κ3) is 4.11. The predicted octanol–water partition coefficient (Wildman–Crippen LogP) is 4.29. The van der Waals surface area contributed by atoms with Gasteiger partial charge in [0.15, 0.2) is 0 Å². The summed E-state index contributed by atoms with van der Waals surface area (Å²) < 4.78 is 0. The van der Waals surface area contributed by atoms with E-state index in [0.717, 1.165) is 23.2 Å². The number of aromatic nitrogens is 3. The molecule has 0 saturated carbocycles. The maximum absolute atomic E-state index is 12.5. The molecule has 1 amide bonds. The molecule has 2 heterocycles. The number of rotatable bonds is 6. The van der Waals surface area contributed by atoms with E-state index in [1.165, 1.54) is 16.5 Å².